The molecule has 1 aromatic carbocycles. The molecule has 0 aliphatic heterocycles. The number of hydrogen-bond acceptors (Lipinski definition) is 0. The quantitative estimate of drug-likeness (QED) is 0.513. The monoisotopic (exact) mass is 326 g/mol. The zero-order chi connectivity index (χ0) is 16.8. The van der Waals surface area contributed by atoms with Gasteiger partial charge < -0.3 is 0 Å². The van der Waals surface area contributed by atoms with E-state index in [2.05, 4.69) is 26.0 Å². The first-order valence-corrected chi connectivity index (χ1v) is 10.8. The van der Waals surface area contributed by atoms with Crippen molar-refractivity contribution < 1.29 is 0 Å². The highest BCUT2D eigenvalue weighted by molar-refractivity contribution is 5.37. The molecular formula is C24H38. The Hall–Kier alpha value is -0.780. The molecule has 2 fully saturated rings. The van der Waals surface area contributed by atoms with Gasteiger partial charge in [0.25, 0.3) is 0 Å². The summed E-state index contributed by atoms with van der Waals surface area (Å²) in [5.74, 6) is 2.01. The van der Waals surface area contributed by atoms with Crippen molar-refractivity contribution in [2.75, 3.05) is 0 Å². The van der Waals surface area contributed by atoms with E-state index in [4.69, 9.17) is 0 Å². The summed E-state index contributed by atoms with van der Waals surface area (Å²) in [7, 11) is 0. The van der Waals surface area contributed by atoms with Gasteiger partial charge in [0.1, 0.15) is 0 Å². The fourth-order valence-electron chi connectivity index (χ4n) is 5.15. The summed E-state index contributed by atoms with van der Waals surface area (Å²) < 4.78 is 0. The van der Waals surface area contributed by atoms with E-state index in [1.54, 1.807) is 22.3 Å². The minimum Gasteiger partial charge on any atom is -0.0556 e. The van der Waals surface area contributed by atoms with Crippen LogP contribution in [-0.4, -0.2) is 0 Å². The minimum atomic E-state index is 1.00. The molecule has 0 N–H and O–H groups in total. The fourth-order valence-corrected chi connectivity index (χ4v) is 5.15. The number of aryl methyl sites for hydroxylation is 4. The predicted molar refractivity (Wildman–Crippen MR) is 106 cm³/mol. The Kier molecular flexibility index (Phi) is 6.81. The van der Waals surface area contributed by atoms with E-state index >= 15 is 0 Å². The maximum atomic E-state index is 2.52. The summed E-state index contributed by atoms with van der Waals surface area (Å²) in [5.41, 5.74) is 6.35. The molecule has 0 heteroatoms. The molecule has 2 aliphatic rings. The van der Waals surface area contributed by atoms with Gasteiger partial charge in [-0.05, 0) is 73.6 Å². The van der Waals surface area contributed by atoms with Gasteiger partial charge in [0, 0.05) is 0 Å². The summed E-state index contributed by atoms with van der Waals surface area (Å²) >= 11 is 0. The van der Waals surface area contributed by atoms with Crippen molar-refractivity contribution in [3.8, 4) is 0 Å². The van der Waals surface area contributed by atoms with Crippen molar-refractivity contribution in [2.45, 2.75) is 104 Å². The van der Waals surface area contributed by atoms with Crippen LogP contribution in [0.25, 0.3) is 0 Å². The minimum absolute atomic E-state index is 1.00. The largest absolute Gasteiger partial charge is 0.0556 e. The fraction of sp³-hybridized carbons (Fsp3) is 0.750. The highest BCUT2D eigenvalue weighted by atomic mass is 14.2. The van der Waals surface area contributed by atoms with Crippen molar-refractivity contribution in [3.05, 3.63) is 34.4 Å². The first-order valence-electron chi connectivity index (χ1n) is 10.8. The molecule has 0 unspecified atom stereocenters. The van der Waals surface area contributed by atoms with Crippen LogP contribution in [-0.2, 0) is 12.8 Å². The Labute approximate surface area is 150 Å². The van der Waals surface area contributed by atoms with Crippen LogP contribution in [0.1, 0.15) is 99.3 Å². The molecule has 2 aliphatic carbocycles. The zero-order valence-corrected chi connectivity index (χ0v) is 16.2. The van der Waals surface area contributed by atoms with E-state index in [1.807, 2.05) is 0 Å². The molecule has 2 saturated carbocycles. The number of rotatable bonds is 6. The van der Waals surface area contributed by atoms with E-state index in [1.165, 1.54) is 89.9 Å². The molecule has 0 radical (unpaired) electrons. The third-order valence-corrected chi connectivity index (χ3v) is 6.89. The van der Waals surface area contributed by atoms with Crippen molar-refractivity contribution in [1.29, 1.82) is 0 Å². The molecule has 0 amide bonds. The molecule has 0 saturated heterocycles. The molecule has 0 spiro atoms. The standard InChI is InChI=1S/C24H38/c1-19-17-24(16-14-22-11-7-4-8-12-22)20(2)18-23(19)15-13-21-9-5-3-6-10-21/h17-18,21-22H,3-16H2,1-2H3. The SMILES string of the molecule is Cc1cc(CCC2CCCCC2)c(C)cc1CCC1CCCCC1. The summed E-state index contributed by atoms with van der Waals surface area (Å²) in [6.07, 6.45) is 20.2. The Morgan fingerprint density at radius 1 is 0.625 bits per heavy atom. The summed E-state index contributed by atoms with van der Waals surface area (Å²) in [5, 5.41) is 0. The average Bonchev–Trinajstić information content (AvgIpc) is 2.62. The van der Waals surface area contributed by atoms with Gasteiger partial charge in [-0.3, -0.25) is 0 Å². The average molecular weight is 327 g/mol. The second kappa shape index (κ2) is 9.07. The molecule has 24 heavy (non-hydrogen) atoms. The van der Waals surface area contributed by atoms with Gasteiger partial charge in [-0.15, -0.1) is 0 Å². The van der Waals surface area contributed by atoms with E-state index in [9.17, 15) is 0 Å². The molecule has 0 aromatic heterocycles. The maximum absolute atomic E-state index is 2.52. The molecule has 3 rings (SSSR count). The third-order valence-electron chi connectivity index (χ3n) is 6.89. The normalized spacial score (nSPS) is 20.4. The second-order valence-corrected chi connectivity index (χ2v) is 8.79. The molecule has 0 bridgehead atoms. The highest BCUT2D eigenvalue weighted by Gasteiger charge is 2.16. The van der Waals surface area contributed by atoms with Gasteiger partial charge in [-0.1, -0.05) is 76.3 Å². The van der Waals surface area contributed by atoms with Crippen LogP contribution in [0.15, 0.2) is 12.1 Å². The summed E-state index contributed by atoms with van der Waals surface area (Å²) in [4.78, 5) is 0. The first-order chi connectivity index (χ1) is 11.7. The van der Waals surface area contributed by atoms with Gasteiger partial charge in [-0.25, -0.2) is 0 Å². The smallest absolute Gasteiger partial charge is 0.0274 e. The first kappa shape index (κ1) is 18.0. The van der Waals surface area contributed by atoms with Crippen molar-refractivity contribution in [3.63, 3.8) is 0 Å². The van der Waals surface area contributed by atoms with E-state index in [0.29, 0.717) is 0 Å². The van der Waals surface area contributed by atoms with E-state index in [-0.39, 0.29) is 0 Å². The highest BCUT2D eigenvalue weighted by Crippen LogP contribution is 2.30. The molecule has 134 valence electrons. The Balaban J connectivity index is 1.54. The lowest BCUT2D eigenvalue weighted by molar-refractivity contribution is 0.338. The molecule has 1 aromatic rings. The van der Waals surface area contributed by atoms with Crippen LogP contribution in [0, 0.1) is 25.7 Å². The zero-order valence-electron chi connectivity index (χ0n) is 16.2. The van der Waals surface area contributed by atoms with E-state index in [0.717, 1.165) is 11.8 Å². The van der Waals surface area contributed by atoms with Gasteiger partial charge in [-0.2, -0.15) is 0 Å². The summed E-state index contributed by atoms with van der Waals surface area (Å²) in [6, 6.07) is 5.04. The number of benzene rings is 1. The van der Waals surface area contributed by atoms with Crippen LogP contribution >= 0.6 is 0 Å². The topological polar surface area (TPSA) is 0 Å². The maximum Gasteiger partial charge on any atom is -0.0274 e. The summed E-state index contributed by atoms with van der Waals surface area (Å²) in [6.45, 7) is 4.69. The van der Waals surface area contributed by atoms with E-state index < -0.39 is 0 Å². The predicted octanol–water partition coefficient (Wildman–Crippen LogP) is 7.33. The molecule has 0 heterocycles. The van der Waals surface area contributed by atoms with Crippen molar-refractivity contribution >= 4 is 0 Å². The Morgan fingerprint density at radius 3 is 1.38 bits per heavy atom. The van der Waals surface area contributed by atoms with Crippen LogP contribution in [0.4, 0.5) is 0 Å². The van der Waals surface area contributed by atoms with Gasteiger partial charge in [0.05, 0.1) is 0 Å². The molecule has 0 atom stereocenters. The number of hydrogen-bond donors (Lipinski definition) is 0. The third kappa shape index (κ3) is 5.11. The van der Waals surface area contributed by atoms with Crippen molar-refractivity contribution in [1.82, 2.24) is 0 Å². The van der Waals surface area contributed by atoms with Crippen molar-refractivity contribution in [2.24, 2.45) is 11.8 Å². The molecule has 0 nitrogen and oxygen atoms in total. The van der Waals surface area contributed by atoms with Gasteiger partial charge in [0.2, 0.25) is 0 Å². The van der Waals surface area contributed by atoms with Crippen LogP contribution in [0.2, 0.25) is 0 Å². The Morgan fingerprint density at radius 2 is 1.00 bits per heavy atom. The lowest BCUT2D eigenvalue weighted by atomic mass is 9.83. The van der Waals surface area contributed by atoms with Gasteiger partial charge in [0.15, 0.2) is 0 Å². The van der Waals surface area contributed by atoms with Crippen LogP contribution in [0.3, 0.4) is 0 Å². The molecular weight excluding hydrogens is 288 g/mol. The Bertz CT molecular complexity index is 453. The van der Waals surface area contributed by atoms with Crippen LogP contribution in [0.5, 0.6) is 0 Å². The lowest BCUT2D eigenvalue weighted by Gasteiger charge is -2.23. The van der Waals surface area contributed by atoms with Crippen LogP contribution < -0.4 is 0 Å². The lowest BCUT2D eigenvalue weighted by Crippen LogP contribution is -2.09. The van der Waals surface area contributed by atoms with Gasteiger partial charge >= 0.3 is 0 Å². The second-order valence-electron chi connectivity index (χ2n) is 8.79.